The van der Waals surface area contributed by atoms with E-state index in [-0.39, 0.29) is 47.6 Å². The predicted molar refractivity (Wildman–Crippen MR) is 148 cm³/mol. The molecule has 2 amide bonds. The highest BCUT2D eigenvalue weighted by Crippen LogP contribution is 2.50. The lowest BCUT2D eigenvalue weighted by Crippen LogP contribution is -2.43. The minimum Gasteiger partial charge on any atom is -0.454 e. The fourth-order valence-electron chi connectivity index (χ4n) is 4.85. The summed E-state index contributed by atoms with van der Waals surface area (Å²) in [5, 5.41) is 8.39. The highest BCUT2D eigenvalue weighted by Gasteiger charge is 2.41. The molecule has 8 nitrogen and oxygen atoms in total. The van der Waals surface area contributed by atoms with Crippen molar-refractivity contribution in [3.63, 3.8) is 0 Å². The second-order valence-corrected chi connectivity index (χ2v) is 12.3. The van der Waals surface area contributed by atoms with Crippen LogP contribution in [0.2, 0.25) is 5.02 Å². The van der Waals surface area contributed by atoms with Gasteiger partial charge in [-0.3, -0.25) is 14.5 Å². The molecule has 1 aromatic heterocycles. The highest BCUT2D eigenvalue weighted by atomic mass is 35.5. The van der Waals surface area contributed by atoms with Gasteiger partial charge in [0, 0.05) is 17.0 Å². The molecule has 3 heterocycles. The van der Waals surface area contributed by atoms with Crippen LogP contribution in [0.4, 0.5) is 5.82 Å². The Kier molecular flexibility index (Phi) is 6.31. The number of nitrogens with zero attached hydrogens (tertiary/aromatic N) is 3. The van der Waals surface area contributed by atoms with Crippen molar-refractivity contribution in [1.29, 1.82) is 0 Å². The van der Waals surface area contributed by atoms with Crippen LogP contribution < -0.4 is 19.7 Å². The van der Waals surface area contributed by atoms with Gasteiger partial charge in [-0.1, -0.05) is 50.6 Å². The van der Waals surface area contributed by atoms with E-state index in [9.17, 15) is 9.59 Å². The van der Waals surface area contributed by atoms with Gasteiger partial charge in [-0.25, -0.2) is 4.68 Å². The number of thioether (sulfide) groups is 1. The Labute approximate surface area is 230 Å². The number of hydrogen-bond donors (Lipinski definition) is 1. The zero-order valence-electron chi connectivity index (χ0n) is 21.5. The van der Waals surface area contributed by atoms with Gasteiger partial charge in [-0.2, -0.15) is 5.10 Å². The number of nitrogens with one attached hydrogen (secondary N) is 1. The maximum absolute atomic E-state index is 13.7. The molecule has 1 fully saturated rings. The van der Waals surface area contributed by atoms with E-state index in [2.05, 4.69) is 26.1 Å². The minimum atomic E-state index is -0.360. The molecule has 6 rings (SSSR count). The highest BCUT2D eigenvalue weighted by molar-refractivity contribution is 8.00. The largest absolute Gasteiger partial charge is 0.454 e. The van der Waals surface area contributed by atoms with Crippen LogP contribution in [-0.2, 0) is 15.0 Å². The Morgan fingerprint density at radius 1 is 1.16 bits per heavy atom. The van der Waals surface area contributed by atoms with Crippen molar-refractivity contribution in [1.82, 2.24) is 15.1 Å². The molecule has 0 saturated heterocycles. The summed E-state index contributed by atoms with van der Waals surface area (Å²) in [6.07, 6.45) is 1.94. The zero-order valence-corrected chi connectivity index (χ0v) is 23.1. The van der Waals surface area contributed by atoms with Gasteiger partial charge in [-0.05, 0) is 42.7 Å². The fourth-order valence-corrected chi connectivity index (χ4v) is 6.25. The summed E-state index contributed by atoms with van der Waals surface area (Å²) in [5.74, 6) is 1.83. The van der Waals surface area contributed by atoms with E-state index in [1.807, 2.05) is 36.4 Å². The molecule has 1 saturated carbocycles. The molecule has 38 heavy (non-hydrogen) atoms. The number of carbonyl (C=O) groups excluding carboxylic acids is 2. The number of anilines is 1. The van der Waals surface area contributed by atoms with Gasteiger partial charge in [0.1, 0.15) is 12.4 Å². The number of halogens is 1. The first kappa shape index (κ1) is 25.1. The molecule has 0 bridgehead atoms. The zero-order chi connectivity index (χ0) is 26.6. The topological polar surface area (TPSA) is 85.7 Å². The summed E-state index contributed by atoms with van der Waals surface area (Å²) in [6, 6.07) is 13.5. The molecule has 3 aliphatic rings. The van der Waals surface area contributed by atoms with Crippen LogP contribution in [0, 0.1) is 0 Å². The van der Waals surface area contributed by atoms with Crippen LogP contribution in [0.1, 0.15) is 55.7 Å². The number of ether oxygens (including phenoxy) is 2. The average molecular weight is 553 g/mol. The van der Waals surface area contributed by atoms with E-state index in [1.54, 1.807) is 15.6 Å². The van der Waals surface area contributed by atoms with E-state index in [0.29, 0.717) is 28.0 Å². The minimum absolute atomic E-state index is 0.0868. The summed E-state index contributed by atoms with van der Waals surface area (Å²) < 4.78 is 13.0. The number of amides is 2. The summed E-state index contributed by atoms with van der Waals surface area (Å²) in [5.41, 5.74) is 3.00. The van der Waals surface area contributed by atoms with Gasteiger partial charge in [0.2, 0.25) is 18.6 Å². The SMILES string of the molecule is CC(C)(C)c1nn(-c2ccccc2Cl)c2c1[C@@H](c1ccc3c(c1)OCO3)SCC(=O)N2CC(=O)NC1CC1. The number of hydrogen-bond acceptors (Lipinski definition) is 6. The molecule has 198 valence electrons. The summed E-state index contributed by atoms with van der Waals surface area (Å²) in [6.45, 7) is 6.40. The smallest absolute Gasteiger partial charge is 0.240 e. The van der Waals surface area contributed by atoms with Crippen molar-refractivity contribution >= 4 is 41.0 Å². The maximum Gasteiger partial charge on any atom is 0.240 e. The molecule has 10 heteroatoms. The molecular formula is C28H29ClN4O4S. The Balaban J connectivity index is 1.57. The van der Waals surface area contributed by atoms with Crippen LogP contribution >= 0.6 is 23.4 Å². The standard InChI is InChI=1S/C28H29ClN4O4S/c1-28(2,3)26-24-25(16-8-11-20-21(12-16)37-15-36-20)38-14-23(35)32(13-22(34)30-17-9-10-17)27(24)33(31-26)19-7-5-4-6-18(19)29/h4-8,11-12,17,25H,9-10,13-15H2,1-3H3,(H,30,34)/t25-/m1/s1. The molecule has 2 aromatic carbocycles. The van der Waals surface area contributed by atoms with E-state index < -0.39 is 0 Å². The molecule has 1 atom stereocenters. The average Bonchev–Trinajstić information content (AvgIpc) is 3.44. The van der Waals surface area contributed by atoms with Gasteiger partial charge >= 0.3 is 0 Å². The van der Waals surface area contributed by atoms with Crippen molar-refractivity contribution < 1.29 is 19.1 Å². The van der Waals surface area contributed by atoms with Gasteiger partial charge in [-0.15, -0.1) is 11.8 Å². The molecule has 0 unspecified atom stereocenters. The number of carbonyl (C=O) groups is 2. The van der Waals surface area contributed by atoms with E-state index in [4.69, 9.17) is 26.2 Å². The molecule has 2 aliphatic heterocycles. The third-order valence-corrected chi connectivity index (χ3v) is 8.40. The molecule has 0 radical (unpaired) electrons. The first-order chi connectivity index (χ1) is 18.2. The van der Waals surface area contributed by atoms with Gasteiger partial charge in [0.05, 0.1) is 27.4 Å². The second-order valence-electron chi connectivity index (χ2n) is 10.8. The molecule has 3 aromatic rings. The Morgan fingerprint density at radius 3 is 2.66 bits per heavy atom. The molecule has 1 aliphatic carbocycles. The monoisotopic (exact) mass is 552 g/mol. The predicted octanol–water partition coefficient (Wildman–Crippen LogP) is 5.00. The summed E-state index contributed by atoms with van der Waals surface area (Å²) in [7, 11) is 0. The number of rotatable bonds is 5. The van der Waals surface area contributed by atoms with Crippen LogP contribution in [0.5, 0.6) is 11.5 Å². The number of benzene rings is 2. The first-order valence-corrected chi connectivity index (χ1v) is 14.1. The lowest BCUT2D eigenvalue weighted by atomic mass is 9.87. The van der Waals surface area contributed by atoms with Crippen molar-refractivity contribution in [3.05, 3.63) is 64.3 Å². The van der Waals surface area contributed by atoms with Crippen LogP contribution in [0.25, 0.3) is 5.69 Å². The third kappa shape index (κ3) is 4.62. The third-order valence-electron chi connectivity index (χ3n) is 6.82. The van der Waals surface area contributed by atoms with Gasteiger partial charge in [0.25, 0.3) is 0 Å². The number of fused-ring (bicyclic) bond motifs is 2. The quantitative estimate of drug-likeness (QED) is 0.479. The van der Waals surface area contributed by atoms with Crippen LogP contribution in [-0.4, -0.2) is 46.7 Å². The van der Waals surface area contributed by atoms with E-state index in [0.717, 1.165) is 29.7 Å². The number of para-hydroxylation sites is 1. The molecular weight excluding hydrogens is 524 g/mol. The summed E-state index contributed by atoms with van der Waals surface area (Å²) >= 11 is 8.20. The normalized spacial score (nSPS) is 18.8. The van der Waals surface area contributed by atoms with Crippen molar-refractivity contribution in [2.45, 2.75) is 50.3 Å². The second kappa shape index (κ2) is 9.54. The van der Waals surface area contributed by atoms with Gasteiger partial charge in [0.15, 0.2) is 11.5 Å². The first-order valence-electron chi connectivity index (χ1n) is 12.7. The van der Waals surface area contributed by atoms with Crippen molar-refractivity contribution in [2.75, 3.05) is 24.0 Å². The number of aromatic nitrogens is 2. The van der Waals surface area contributed by atoms with E-state index >= 15 is 0 Å². The van der Waals surface area contributed by atoms with Gasteiger partial charge < -0.3 is 14.8 Å². The van der Waals surface area contributed by atoms with E-state index in [1.165, 1.54) is 11.8 Å². The molecule has 0 spiro atoms. The fraction of sp³-hybridized carbons (Fsp3) is 0.393. The van der Waals surface area contributed by atoms with Crippen molar-refractivity contribution in [2.24, 2.45) is 0 Å². The Hall–Kier alpha value is -3.17. The lowest BCUT2D eigenvalue weighted by Gasteiger charge is -2.24. The van der Waals surface area contributed by atoms with Crippen LogP contribution in [0.15, 0.2) is 42.5 Å². The maximum atomic E-state index is 13.7. The van der Waals surface area contributed by atoms with Crippen LogP contribution in [0.3, 0.4) is 0 Å². The van der Waals surface area contributed by atoms with Crippen molar-refractivity contribution in [3.8, 4) is 17.2 Å². The molecule has 1 N–H and O–H groups in total. The summed E-state index contributed by atoms with van der Waals surface area (Å²) in [4.78, 5) is 28.3. The Bertz CT molecular complexity index is 1430. The Morgan fingerprint density at radius 2 is 1.92 bits per heavy atom. The lowest BCUT2D eigenvalue weighted by molar-refractivity contribution is -0.123.